The standard InChI is InChI=1S/C13H13BrN4O2S/c14-10-1-2-11(12(9-10)18(19)20)16-4-6-17(7-5-16)13-15-3-8-21-13/h1-3,8-9H,4-7H2. The molecular formula is C13H13BrN4O2S. The van der Waals surface area contributed by atoms with Crippen LogP contribution in [0.25, 0.3) is 0 Å². The summed E-state index contributed by atoms with van der Waals surface area (Å²) in [5, 5.41) is 14.2. The summed E-state index contributed by atoms with van der Waals surface area (Å²) in [4.78, 5) is 19.5. The van der Waals surface area contributed by atoms with Crippen LogP contribution >= 0.6 is 27.3 Å². The molecule has 3 rings (SSSR count). The van der Waals surface area contributed by atoms with Crippen LogP contribution in [0.3, 0.4) is 0 Å². The Hall–Kier alpha value is -1.67. The molecule has 0 bridgehead atoms. The number of piperazine rings is 1. The summed E-state index contributed by atoms with van der Waals surface area (Å²) in [7, 11) is 0. The summed E-state index contributed by atoms with van der Waals surface area (Å²) in [5.41, 5.74) is 0.828. The highest BCUT2D eigenvalue weighted by Gasteiger charge is 2.24. The second kappa shape index (κ2) is 5.98. The van der Waals surface area contributed by atoms with Crippen molar-refractivity contribution in [2.45, 2.75) is 0 Å². The van der Waals surface area contributed by atoms with Gasteiger partial charge in [-0.2, -0.15) is 0 Å². The summed E-state index contributed by atoms with van der Waals surface area (Å²) in [6, 6.07) is 5.21. The SMILES string of the molecule is O=[N+]([O-])c1cc(Br)ccc1N1CCN(c2nccs2)CC1. The average molecular weight is 369 g/mol. The highest BCUT2D eigenvalue weighted by atomic mass is 79.9. The molecule has 1 fully saturated rings. The van der Waals surface area contributed by atoms with E-state index >= 15 is 0 Å². The Morgan fingerprint density at radius 3 is 2.57 bits per heavy atom. The number of nitrogens with zero attached hydrogens (tertiary/aromatic N) is 4. The highest BCUT2D eigenvalue weighted by molar-refractivity contribution is 9.10. The molecule has 8 heteroatoms. The van der Waals surface area contributed by atoms with Crippen LogP contribution in [0.15, 0.2) is 34.2 Å². The quantitative estimate of drug-likeness (QED) is 0.615. The van der Waals surface area contributed by atoms with Crippen LogP contribution in [-0.2, 0) is 0 Å². The fourth-order valence-electron chi connectivity index (χ4n) is 2.42. The predicted molar refractivity (Wildman–Crippen MR) is 87.3 cm³/mol. The van der Waals surface area contributed by atoms with Gasteiger partial charge in [0.05, 0.1) is 4.92 Å². The van der Waals surface area contributed by atoms with Gasteiger partial charge in [0.25, 0.3) is 5.69 Å². The minimum absolute atomic E-state index is 0.145. The Morgan fingerprint density at radius 2 is 1.95 bits per heavy atom. The molecule has 1 aromatic heterocycles. The molecule has 0 aliphatic carbocycles. The molecule has 2 heterocycles. The van der Waals surface area contributed by atoms with E-state index in [2.05, 4.69) is 30.7 Å². The number of hydrogen-bond donors (Lipinski definition) is 0. The molecule has 1 aromatic carbocycles. The second-order valence-electron chi connectivity index (χ2n) is 4.68. The number of halogens is 1. The minimum atomic E-state index is -0.326. The van der Waals surface area contributed by atoms with E-state index in [9.17, 15) is 10.1 Å². The van der Waals surface area contributed by atoms with Crippen molar-refractivity contribution in [1.29, 1.82) is 0 Å². The maximum absolute atomic E-state index is 11.2. The number of anilines is 2. The maximum Gasteiger partial charge on any atom is 0.293 e. The van der Waals surface area contributed by atoms with E-state index in [0.29, 0.717) is 5.69 Å². The monoisotopic (exact) mass is 368 g/mol. The number of aromatic nitrogens is 1. The molecule has 0 N–H and O–H groups in total. The predicted octanol–water partition coefficient (Wildman–Crippen LogP) is 3.14. The fraction of sp³-hybridized carbons (Fsp3) is 0.308. The van der Waals surface area contributed by atoms with Crippen molar-refractivity contribution in [2.75, 3.05) is 36.0 Å². The van der Waals surface area contributed by atoms with Crippen LogP contribution in [0.4, 0.5) is 16.5 Å². The van der Waals surface area contributed by atoms with Crippen molar-refractivity contribution < 1.29 is 4.92 Å². The van der Waals surface area contributed by atoms with Gasteiger partial charge >= 0.3 is 0 Å². The van der Waals surface area contributed by atoms with Gasteiger partial charge in [-0.3, -0.25) is 10.1 Å². The number of benzene rings is 1. The number of nitro groups is 1. The van der Waals surface area contributed by atoms with Gasteiger partial charge in [0.2, 0.25) is 0 Å². The molecule has 1 aliphatic heterocycles. The van der Waals surface area contributed by atoms with Crippen LogP contribution in [0.2, 0.25) is 0 Å². The number of nitro benzene ring substituents is 1. The molecule has 0 atom stereocenters. The average Bonchev–Trinajstić information content (AvgIpc) is 3.01. The Balaban J connectivity index is 1.76. The van der Waals surface area contributed by atoms with Crippen LogP contribution in [-0.4, -0.2) is 36.1 Å². The molecule has 1 aliphatic rings. The molecule has 0 unspecified atom stereocenters. The first-order chi connectivity index (χ1) is 10.1. The van der Waals surface area contributed by atoms with E-state index in [1.807, 2.05) is 11.4 Å². The molecule has 6 nitrogen and oxygen atoms in total. The first kappa shape index (κ1) is 14.3. The highest BCUT2D eigenvalue weighted by Crippen LogP contribution is 2.32. The first-order valence-corrected chi connectivity index (χ1v) is 8.16. The molecule has 0 spiro atoms. The second-order valence-corrected chi connectivity index (χ2v) is 6.47. The third-order valence-electron chi connectivity index (χ3n) is 3.44. The van der Waals surface area contributed by atoms with Gasteiger partial charge < -0.3 is 9.80 Å². The van der Waals surface area contributed by atoms with Crippen molar-refractivity contribution >= 4 is 43.8 Å². The van der Waals surface area contributed by atoms with E-state index in [1.54, 1.807) is 29.7 Å². The van der Waals surface area contributed by atoms with Gasteiger partial charge in [0.1, 0.15) is 5.69 Å². The van der Waals surface area contributed by atoms with Crippen molar-refractivity contribution in [1.82, 2.24) is 4.98 Å². The normalized spacial score (nSPS) is 15.3. The summed E-state index contributed by atoms with van der Waals surface area (Å²) in [5.74, 6) is 0. The topological polar surface area (TPSA) is 62.5 Å². The summed E-state index contributed by atoms with van der Waals surface area (Å²) >= 11 is 4.90. The largest absolute Gasteiger partial charge is 0.362 e. The van der Waals surface area contributed by atoms with Gasteiger partial charge in [-0.15, -0.1) is 11.3 Å². The summed E-state index contributed by atoms with van der Waals surface area (Å²) in [6.45, 7) is 3.14. The lowest BCUT2D eigenvalue weighted by molar-refractivity contribution is -0.384. The van der Waals surface area contributed by atoms with E-state index < -0.39 is 0 Å². The summed E-state index contributed by atoms with van der Waals surface area (Å²) < 4.78 is 0.722. The Labute approximate surface area is 134 Å². The Kier molecular flexibility index (Phi) is 4.07. The van der Waals surface area contributed by atoms with E-state index in [1.165, 1.54) is 0 Å². The molecule has 0 radical (unpaired) electrons. The third-order valence-corrected chi connectivity index (χ3v) is 4.77. The molecule has 0 amide bonds. The molecule has 1 saturated heterocycles. The van der Waals surface area contributed by atoms with Gasteiger partial charge in [0.15, 0.2) is 5.13 Å². The van der Waals surface area contributed by atoms with Crippen molar-refractivity contribution in [3.8, 4) is 0 Å². The molecular weight excluding hydrogens is 356 g/mol. The van der Waals surface area contributed by atoms with Crippen LogP contribution in [0.1, 0.15) is 0 Å². The Bertz CT molecular complexity index is 642. The minimum Gasteiger partial charge on any atom is -0.362 e. The van der Waals surface area contributed by atoms with E-state index in [4.69, 9.17) is 0 Å². The lowest BCUT2D eigenvalue weighted by Crippen LogP contribution is -2.46. The van der Waals surface area contributed by atoms with Gasteiger partial charge in [-0.25, -0.2) is 4.98 Å². The molecule has 0 saturated carbocycles. The van der Waals surface area contributed by atoms with Gasteiger partial charge in [-0.1, -0.05) is 15.9 Å². The molecule has 110 valence electrons. The zero-order chi connectivity index (χ0) is 14.8. The summed E-state index contributed by atoms with van der Waals surface area (Å²) in [6.07, 6.45) is 1.80. The van der Waals surface area contributed by atoms with Crippen molar-refractivity contribution in [3.05, 3.63) is 44.4 Å². The molecule has 21 heavy (non-hydrogen) atoms. The maximum atomic E-state index is 11.2. The number of thiazole rings is 1. The van der Waals surface area contributed by atoms with Crippen LogP contribution in [0.5, 0.6) is 0 Å². The Morgan fingerprint density at radius 1 is 1.24 bits per heavy atom. The lowest BCUT2D eigenvalue weighted by atomic mass is 10.2. The number of hydrogen-bond acceptors (Lipinski definition) is 6. The third kappa shape index (κ3) is 3.01. The van der Waals surface area contributed by atoms with Crippen molar-refractivity contribution in [2.24, 2.45) is 0 Å². The first-order valence-electron chi connectivity index (χ1n) is 6.48. The molecule has 2 aromatic rings. The smallest absolute Gasteiger partial charge is 0.293 e. The zero-order valence-electron chi connectivity index (χ0n) is 11.1. The zero-order valence-corrected chi connectivity index (χ0v) is 13.5. The van der Waals surface area contributed by atoms with Crippen LogP contribution < -0.4 is 9.80 Å². The van der Waals surface area contributed by atoms with E-state index in [-0.39, 0.29) is 10.6 Å². The van der Waals surface area contributed by atoms with Crippen molar-refractivity contribution in [3.63, 3.8) is 0 Å². The van der Waals surface area contributed by atoms with E-state index in [0.717, 1.165) is 35.8 Å². The van der Waals surface area contributed by atoms with Gasteiger partial charge in [0, 0.05) is 48.3 Å². The van der Waals surface area contributed by atoms with Crippen LogP contribution in [0, 0.1) is 10.1 Å². The number of rotatable bonds is 3. The fourth-order valence-corrected chi connectivity index (χ4v) is 3.47. The van der Waals surface area contributed by atoms with Gasteiger partial charge in [-0.05, 0) is 12.1 Å². The lowest BCUT2D eigenvalue weighted by Gasteiger charge is -2.35.